The predicted octanol–water partition coefficient (Wildman–Crippen LogP) is 1.79. The van der Waals surface area contributed by atoms with Crippen LogP contribution in [0.25, 0.3) is 0 Å². The van der Waals surface area contributed by atoms with Crippen molar-refractivity contribution in [3.8, 4) is 5.75 Å². The molecule has 0 bridgehead atoms. The zero-order valence-corrected chi connectivity index (χ0v) is 15.9. The largest absolute Gasteiger partial charge is 0.492 e. The lowest BCUT2D eigenvalue weighted by atomic mass is 10.1. The fourth-order valence-electron chi connectivity index (χ4n) is 2.23. The van der Waals surface area contributed by atoms with E-state index < -0.39 is 0 Å². The van der Waals surface area contributed by atoms with Gasteiger partial charge in [0.05, 0.1) is 12.7 Å². The zero-order chi connectivity index (χ0) is 15.9. The Balaban J connectivity index is 0.00000264. The first-order valence-corrected chi connectivity index (χ1v) is 7.59. The third-order valence-corrected chi connectivity index (χ3v) is 3.53. The number of anilines is 1. The van der Waals surface area contributed by atoms with Crippen LogP contribution in [-0.2, 0) is 9.53 Å². The molecule has 0 aliphatic carbocycles. The molecule has 0 radical (unpaired) electrons. The summed E-state index contributed by atoms with van der Waals surface area (Å²) in [5.41, 5.74) is 0.754. The van der Waals surface area contributed by atoms with Gasteiger partial charge in [0, 0.05) is 18.8 Å². The smallest absolute Gasteiger partial charge is 0.244 e. The highest BCUT2D eigenvalue weighted by Crippen LogP contribution is 2.16. The third-order valence-electron chi connectivity index (χ3n) is 3.53. The summed E-state index contributed by atoms with van der Waals surface area (Å²) in [6.45, 7) is 4.74. The van der Waals surface area contributed by atoms with E-state index in [0.29, 0.717) is 19.8 Å². The first-order chi connectivity index (χ1) is 10.6. The second-order valence-electron chi connectivity index (χ2n) is 5.67. The standard InChI is InChI=1S/C16H25N3O3.2ClH/c1-12-15(17-8-10-21-12)16(20)18-13-4-6-14(7-5-13)22-11-9-19(2)3;;/h4-7,12,15,17H,8-11H2,1-3H3,(H,18,20);2*1H/t12-,15+;;/m1../s1. The lowest BCUT2D eigenvalue weighted by Crippen LogP contribution is -2.53. The minimum atomic E-state index is -0.315. The highest BCUT2D eigenvalue weighted by molar-refractivity contribution is 5.95. The number of morpholine rings is 1. The number of amides is 1. The number of carbonyl (C=O) groups excluding carboxylic acids is 1. The Kier molecular flexibility index (Phi) is 11.0. The van der Waals surface area contributed by atoms with E-state index >= 15 is 0 Å². The van der Waals surface area contributed by atoms with Crippen LogP contribution in [0, 0.1) is 0 Å². The monoisotopic (exact) mass is 379 g/mol. The Hall–Kier alpha value is -1.05. The van der Waals surface area contributed by atoms with Gasteiger partial charge >= 0.3 is 0 Å². The molecule has 138 valence electrons. The first-order valence-electron chi connectivity index (χ1n) is 7.59. The quantitative estimate of drug-likeness (QED) is 0.788. The van der Waals surface area contributed by atoms with Crippen LogP contribution in [0.2, 0.25) is 0 Å². The molecule has 0 aromatic heterocycles. The molecule has 0 unspecified atom stereocenters. The molecule has 0 spiro atoms. The van der Waals surface area contributed by atoms with Gasteiger partial charge in [-0.05, 0) is 45.3 Å². The molecule has 1 aromatic rings. The number of rotatable bonds is 6. The van der Waals surface area contributed by atoms with E-state index in [1.165, 1.54) is 0 Å². The summed E-state index contributed by atoms with van der Waals surface area (Å²) in [7, 11) is 4.01. The summed E-state index contributed by atoms with van der Waals surface area (Å²) in [6, 6.07) is 7.10. The number of hydrogen-bond acceptors (Lipinski definition) is 5. The topological polar surface area (TPSA) is 62.8 Å². The fraction of sp³-hybridized carbons (Fsp3) is 0.562. The molecule has 1 aliphatic heterocycles. The van der Waals surface area contributed by atoms with Crippen LogP contribution >= 0.6 is 24.8 Å². The number of nitrogens with zero attached hydrogens (tertiary/aromatic N) is 1. The van der Waals surface area contributed by atoms with E-state index in [0.717, 1.165) is 18.0 Å². The summed E-state index contributed by atoms with van der Waals surface area (Å²) in [5, 5.41) is 6.07. The van der Waals surface area contributed by atoms with E-state index in [2.05, 4.69) is 15.5 Å². The predicted molar refractivity (Wildman–Crippen MR) is 101 cm³/mol. The summed E-state index contributed by atoms with van der Waals surface area (Å²) in [4.78, 5) is 14.3. The molecule has 0 saturated carbocycles. The Morgan fingerprint density at radius 1 is 1.33 bits per heavy atom. The molecule has 2 N–H and O–H groups in total. The maximum atomic E-state index is 12.2. The van der Waals surface area contributed by atoms with Crippen molar-refractivity contribution in [2.24, 2.45) is 0 Å². The summed E-state index contributed by atoms with van der Waals surface area (Å²) in [6.07, 6.45) is -0.123. The molecular formula is C16H27Cl2N3O3. The van der Waals surface area contributed by atoms with Gasteiger partial charge in [0.1, 0.15) is 18.4 Å². The van der Waals surface area contributed by atoms with Crippen molar-refractivity contribution in [3.63, 3.8) is 0 Å². The van der Waals surface area contributed by atoms with E-state index in [1.807, 2.05) is 45.3 Å². The molecule has 1 fully saturated rings. The fourth-order valence-corrected chi connectivity index (χ4v) is 2.23. The second-order valence-corrected chi connectivity index (χ2v) is 5.67. The molecule has 8 heteroatoms. The Labute approximate surface area is 156 Å². The van der Waals surface area contributed by atoms with E-state index in [4.69, 9.17) is 9.47 Å². The van der Waals surface area contributed by atoms with Crippen molar-refractivity contribution < 1.29 is 14.3 Å². The molecule has 24 heavy (non-hydrogen) atoms. The Bertz CT molecular complexity index is 486. The SMILES string of the molecule is C[C@H]1OCCN[C@@H]1C(=O)Nc1ccc(OCCN(C)C)cc1.Cl.Cl. The van der Waals surface area contributed by atoms with Gasteiger partial charge in [0.2, 0.25) is 5.91 Å². The van der Waals surface area contributed by atoms with Crippen molar-refractivity contribution >= 4 is 36.4 Å². The van der Waals surface area contributed by atoms with Gasteiger partial charge in [0.25, 0.3) is 0 Å². The van der Waals surface area contributed by atoms with Crippen LogP contribution in [0.5, 0.6) is 5.75 Å². The number of carbonyl (C=O) groups is 1. The van der Waals surface area contributed by atoms with Crippen molar-refractivity contribution in [2.45, 2.75) is 19.1 Å². The van der Waals surface area contributed by atoms with Crippen LogP contribution in [0.3, 0.4) is 0 Å². The number of benzene rings is 1. The highest BCUT2D eigenvalue weighted by atomic mass is 35.5. The van der Waals surface area contributed by atoms with E-state index in [-0.39, 0.29) is 42.9 Å². The van der Waals surface area contributed by atoms with Crippen LogP contribution in [0.1, 0.15) is 6.92 Å². The first kappa shape index (κ1) is 22.9. The number of halogens is 2. The maximum Gasteiger partial charge on any atom is 0.244 e. The van der Waals surface area contributed by atoms with Crippen LogP contribution in [0.15, 0.2) is 24.3 Å². The molecular weight excluding hydrogens is 353 g/mol. The number of nitrogens with one attached hydrogen (secondary N) is 2. The van der Waals surface area contributed by atoms with Gasteiger partial charge in [-0.1, -0.05) is 0 Å². The van der Waals surface area contributed by atoms with Crippen molar-refractivity contribution in [2.75, 3.05) is 45.7 Å². The average Bonchev–Trinajstić information content (AvgIpc) is 2.49. The molecule has 6 nitrogen and oxygen atoms in total. The van der Waals surface area contributed by atoms with Gasteiger partial charge < -0.3 is 25.0 Å². The van der Waals surface area contributed by atoms with Gasteiger partial charge in [-0.2, -0.15) is 0 Å². The number of ether oxygens (including phenoxy) is 2. The van der Waals surface area contributed by atoms with Gasteiger partial charge in [-0.3, -0.25) is 4.79 Å². The molecule has 2 rings (SSSR count). The highest BCUT2D eigenvalue weighted by Gasteiger charge is 2.28. The average molecular weight is 380 g/mol. The van der Waals surface area contributed by atoms with Crippen LogP contribution in [0.4, 0.5) is 5.69 Å². The Morgan fingerprint density at radius 2 is 2.00 bits per heavy atom. The normalized spacial score (nSPS) is 19.8. The lowest BCUT2D eigenvalue weighted by molar-refractivity contribution is -0.123. The van der Waals surface area contributed by atoms with Crippen LogP contribution < -0.4 is 15.4 Å². The summed E-state index contributed by atoms with van der Waals surface area (Å²) < 4.78 is 11.1. The third kappa shape index (κ3) is 7.23. The molecule has 1 saturated heterocycles. The lowest BCUT2D eigenvalue weighted by Gasteiger charge is -2.29. The molecule has 2 atom stereocenters. The van der Waals surface area contributed by atoms with E-state index in [1.54, 1.807) is 0 Å². The molecule has 1 heterocycles. The van der Waals surface area contributed by atoms with Crippen molar-refractivity contribution in [1.82, 2.24) is 10.2 Å². The molecule has 1 aromatic carbocycles. The van der Waals surface area contributed by atoms with Crippen molar-refractivity contribution in [1.29, 1.82) is 0 Å². The molecule has 1 amide bonds. The van der Waals surface area contributed by atoms with Crippen molar-refractivity contribution in [3.05, 3.63) is 24.3 Å². The summed E-state index contributed by atoms with van der Waals surface area (Å²) >= 11 is 0. The van der Waals surface area contributed by atoms with Crippen LogP contribution in [-0.4, -0.2) is 63.4 Å². The molecule has 1 aliphatic rings. The summed E-state index contributed by atoms with van der Waals surface area (Å²) in [5.74, 6) is 0.723. The van der Waals surface area contributed by atoms with Gasteiger partial charge in [0.15, 0.2) is 0 Å². The minimum Gasteiger partial charge on any atom is -0.492 e. The zero-order valence-electron chi connectivity index (χ0n) is 14.3. The Morgan fingerprint density at radius 3 is 2.58 bits per heavy atom. The van der Waals surface area contributed by atoms with Gasteiger partial charge in [-0.25, -0.2) is 0 Å². The minimum absolute atomic E-state index is 0. The van der Waals surface area contributed by atoms with E-state index in [9.17, 15) is 4.79 Å². The maximum absolute atomic E-state index is 12.2. The number of hydrogen-bond donors (Lipinski definition) is 2. The van der Waals surface area contributed by atoms with Gasteiger partial charge in [-0.15, -0.1) is 24.8 Å². The number of likely N-dealkylation sites (N-methyl/N-ethyl adjacent to an activating group) is 1. The second kappa shape index (κ2) is 11.5.